The highest BCUT2D eigenvalue weighted by molar-refractivity contribution is 7.80. The van der Waals surface area contributed by atoms with Gasteiger partial charge in [-0.2, -0.15) is 0 Å². The van der Waals surface area contributed by atoms with E-state index in [4.69, 9.17) is 17.0 Å². The van der Waals surface area contributed by atoms with Crippen LogP contribution in [0.4, 0.5) is 0 Å². The summed E-state index contributed by atoms with van der Waals surface area (Å²) in [5.41, 5.74) is 0. The van der Waals surface area contributed by atoms with Crippen LogP contribution in [-0.2, 0) is 14.3 Å². The molecule has 0 aliphatic carbocycles. The molecule has 1 saturated heterocycles. The fourth-order valence-electron chi connectivity index (χ4n) is 1.62. The van der Waals surface area contributed by atoms with Crippen LogP contribution in [0.5, 0.6) is 0 Å². The van der Waals surface area contributed by atoms with Crippen LogP contribution in [0.3, 0.4) is 0 Å². The van der Waals surface area contributed by atoms with Crippen LogP contribution in [0.25, 0.3) is 0 Å². The quantitative estimate of drug-likeness (QED) is 0.522. The summed E-state index contributed by atoms with van der Waals surface area (Å²) in [7, 11) is 1.57. The first kappa shape index (κ1) is 14.1. The monoisotopic (exact) mass is 258 g/mol. The second-order valence-electron chi connectivity index (χ2n) is 3.90. The van der Waals surface area contributed by atoms with E-state index in [-0.39, 0.29) is 18.2 Å². The molecule has 0 atom stereocenters. The van der Waals surface area contributed by atoms with Crippen LogP contribution in [0.15, 0.2) is 0 Å². The van der Waals surface area contributed by atoms with Crippen molar-refractivity contribution in [2.24, 2.45) is 0 Å². The summed E-state index contributed by atoms with van der Waals surface area (Å²) in [6.45, 7) is 3.46. The number of carbonyl (C=O) groups excluding carboxylic acids is 2. The lowest BCUT2D eigenvalue weighted by atomic mass is 10.2. The molecule has 1 rings (SSSR count). The van der Waals surface area contributed by atoms with E-state index in [0.717, 1.165) is 12.8 Å². The number of amides is 2. The first-order valence-corrected chi connectivity index (χ1v) is 6.16. The Labute approximate surface area is 107 Å². The van der Waals surface area contributed by atoms with Crippen molar-refractivity contribution in [3.05, 3.63) is 0 Å². The molecule has 0 bridgehead atoms. The predicted molar refractivity (Wildman–Crippen MR) is 67.4 cm³/mol. The molecule has 1 fully saturated rings. The minimum atomic E-state index is -0.232. The average Bonchev–Trinajstić information content (AvgIpc) is 2.28. The molecule has 1 heterocycles. The number of hydrogen-bond donors (Lipinski definition) is 0. The molecule has 96 valence electrons. The molecule has 6 heteroatoms. The highest BCUT2D eigenvalue weighted by atomic mass is 32.1. The van der Waals surface area contributed by atoms with E-state index < -0.39 is 0 Å². The summed E-state index contributed by atoms with van der Waals surface area (Å²) in [6, 6.07) is 0. The van der Waals surface area contributed by atoms with Crippen LogP contribution in [-0.4, -0.2) is 53.5 Å². The van der Waals surface area contributed by atoms with Crippen LogP contribution < -0.4 is 0 Å². The van der Waals surface area contributed by atoms with Crippen molar-refractivity contribution in [3.8, 4) is 0 Å². The highest BCUT2D eigenvalue weighted by Gasteiger charge is 2.33. The van der Waals surface area contributed by atoms with Crippen molar-refractivity contribution in [1.29, 1.82) is 0 Å². The normalized spacial score (nSPS) is 16.9. The molecular weight excluding hydrogens is 240 g/mol. The molecule has 1 aliphatic heterocycles. The Balaban J connectivity index is 2.69. The van der Waals surface area contributed by atoms with E-state index in [1.54, 1.807) is 7.11 Å². The van der Waals surface area contributed by atoms with Gasteiger partial charge in [0.1, 0.15) is 6.42 Å². The Kier molecular flexibility index (Phi) is 5.50. The molecule has 2 amide bonds. The van der Waals surface area contributed by atoms with Gasteiger partial charge < -0.3 is 4.74 Å². The first-order chi connectivity index (χ1) is 8.11. The lowest BCUT2D eigenvalue weighted by molar-refractivity contribution is -0.140. The second kappa shape index (κ2) is 6.66. The Hall–Kier alpha value is -1.01. The van der Waals surface area contributed by atoms with E-state index in [1.807, 2.05) is 6.92 Å². The standard InChI is InChI=1S/C11H18N2O3S/c1-3-4-5-12-9(14)8-10(15)13(11(12)17)6-7-16-2/h3-8H2,1-2H3. The van der Waals surface area contributed by atoms with E-state index in [9.17, 15) is 9.59 Å². The summed E-state index contributed by atoms with van der Waals surface area (Å²) in [5.74, 6) is -0.424. The number of methoxy groups -OCH3 is 1. The van der Waals surface area contributed by atoms with Gasteiger partial charge in [0, 0.05) is 13.7 Å². The summed E-state index contributed by atoms with van der Waals surface area (Å²) in [4.78, 5) is 26.4. The van der Waals surface area contributed by atoms with Crippen LogP contribution in [0.2, 0.25) is 0 Å². The molecule has 0 saturated carbocycles. The van der Waals surface area contributed by atoms with Gasteiger partial charge in [0.05, 0.1) is 13.2 Å². The van der Waals surface area contributed by atoms with E-state index >= 15 is 0 Å². The summed E-state index contributed by atoms with van der Waals surface area (Å²) >= 11 is 5.18. The van der Waals surface area contributed by atoms with Crippen molar-refractivity contribution >= 4 is 29.1 Å². The van der Waals surface area contributed by atoms with Crippen LogP contribution >= 0.6 is 12.2 Å². The van der Waals surface area contributed by atoms with Crippen molar-refractivity contribution in [1.82, 2.24) is 9.80 Å². The zero-order chi connectivity index (χ0) is 12.8. The molecule has 0 unspecified atom stereocenters. The molecule has 0 N–H and O–H groups in total. The molecule has 0 spiro atoms. The zero-order valence-corrected chi connectivity index (χ0v) is 11.1. The maximum atomic E-state index is 11.7. The first-order valence-electron chi connectivity index (χ1n) is 5.75. The number of nitrogens with zero attached hydrogens (tertiary/aromatic N) is 2. The van der Waals surface area contributed by atoms with Crippen molar-refractivity contribution in [2.75, 3.05) is 26.8 Å². The van der Waals surface area contributed by atoms with Gasteiger partial charge in [-0.05, 0) is 18.6 Å². The SMILES string of the molecule is CCCCN1C(=O)CC(=O)N(CCOC)C1=S. The average molecular weight is 258 g/mol. The number of ether oxygens (including phenoxy) is 1. The molecule has 5 nitrogen and oxygen atoms in total. The third-order valence-electron chi connectivity index (χ3n) is 2.62. The Morgan fingerprint density at radius 3 is 2.35 bits per heavy atom. The molecule has 0 radical (unpaired) electrons. The Bertz CT molecular complexity index is 292. The third-order valence-corrected chi connectivity index (χ3v) is 3.06. The summed E-state index contributed by atoms with van der Waals surface area (Å²) in [5, 5.41) is 0.316. The zero-order valence-electron chi connectivity index (χ0n) is 10.3. The number of thiocarbonyl (C=S) groups is 1. The Morgan fingerprint density at radius 1 is 1.24 bits per heavy atom. The third kappa shape index (κ3) is 3.47. The van der Waals surface area contributed by atoms with Crippen molar-refractivity contribution in [3.63, 3.8) is 0 Å². The van der Waals surface area contributed by atoms with Crippen molar-refractivity contribution < 1.29 is 14.3 Å². The fraction of sp³-hybridized carbons (Fsp3) is 0.727. The minimum absolute atomic E-state index is 0.0897. The summed E-state index contributed by atoms with van der Waals surface area (Å²) < 4.78 is 4.93. The van der Waals surface area contributed by atoms with Gasteiger partial charge >= 0.3 is 0 Å². The second-order valence-corrected chi connectivity index (χ2v) is 4.26. The maximum absolute atomic E-state index is 11.7. The topological polar surface area (TPSA) is 49.9 Å². The summed E-state index contributed by atoms with van der Waals surface area (Å²) in [6.07, 6.45) is 1.78. The van der Waals surface area contributed by atoms with Gasteiger partial charge in [0.15, 0.2) is 5.11 Å². The Morgan fingerprint density at radius 2 is 1.82 bits per heavy atom. The van der Waals surface area contributed by atoms with E-state index in [1.165, 1.54) is 9.80 Å². The number of hydrogen-bond acceptors (Lipinski definition) is 4. The molecule has 1 aliphatic rings. The molecular formula is C11H18N2O3S. The van der Waals surface area contributed by atoms with E-state index in [0.29, 0.717) is 24.8 Å². The smallest absolute Gasteiger partial charge is 0.238 e. The predicted octanol–water partition coefficient (Wildman–Crippen LogP) is 0.779. The largest absolute Gasteiger partial charge is 0.383 e. The lowest BCUT2D eigenvalue weighted by Gasteiger charge is -2.35. The molecule has 0 aromatic carbocycles. The van der Waals surface area contributed by atoms with Gasteiger partial charge in [-0.1, -0.05) is 13.3 Å². The molecule has 0 aromatic rings. The number of rotatable bonds is 6. The number of carbonyl (C=O) groups is 2. The van der Waals surface area contributed by atoms with Gasteiger partial charge in [0.25, 0.3) is 0 Å². The molecule has 0 aromatic heterocycles. The lowest BCUT2D eigenvalue weighted by Crippen LogP contribution is -2.55. The van der Waals surface area contributed by atoms with Gasteiger partial charge in [-0.3, -0.25) is 19.4 Å². The van der Waals surface area contributed by atoms with Gasteiger partial charge in [-0.15, -0.1) is 0 Å². The maximum Gasteiger partial charge on any atom is 0.238 e. The number of unbranched alkanes of at least 4 members (excludes halogenated alkanes) is 1. The highest BCUT2D eigenvalue weighted by Crippen LogP contribution is 2.13. The van der Waals surface area contributed by atoms with Gasteiger partial charge in [0.2, 0.25) is 11.8 Å². The van der Waals surface area contributed by atoms with Gasteiger partial charge in [-0.25, -0.2) is 0 Å². The fourth-order valence-corrected chi connectivity index (χ4v) is 2.00. The molecule has 17 heavy (non-hydrogen) atoms. The van der Waals surface area contributed by atoms with E-state index in [2.05, 4.69) is 0 Å². The van der Waals surface area contributed by atoms with Crippen LogP contribution in [0, 0.1) is 0 Å². The minimum Gasteiger partial charge on any atom is -0.383 e. The van der Waals surface area contributed by atoms with Crippen LogP contribution in [0.1, 0.15) is 26.2 Å². The van der Waals surface area contributed by atoms with Crippen molar-refractivity contribution in [2.45, 2.75) is 26.2 Å².